The van der Waals surface area contributed by atoms with E-state index >= 15 is 0 Å². The summed E-state index contributed by atoms with van der Waals surface area (Å²) in [5, 5.41) is 0. The maximum Gasteiger partial charge on any atom is 0.310 e. The van der Waals surface area contributed by atoms with Gasteiger partial charge < -0.3 is 0 Å². The van der Waals surface area contributed by atoms with Gasteiger partial charge in [0.05, 0.1) is 0 Å². The molecule has 1 aliphatic rings. The zero-order valence-corrected chi connectivity index (χ0v) is 18.0. The Morgan fingerprint density at radius 3 is 1.12 bits per heavy atom. The highest BCUT2D eigenvalue weighted by molar-refractivity contribution is 8.46. The van der Waals surface area contributed by atoms with Gasteiger partial charge >= 0.3 is 20.4 Å². The molecule has 3 rings (SSSR count). The molecule has 0 heterocycles. The number of hydrogen-bond donors (Lipinski definition) is 0. The van der Waals surface area contributed by atoms with Crippen molar-refractivity contribution in [2.45, 2.75) is 29.1 Å². The molecule has 2 aromatic rings. The van der Waals surface area contributed by atoms with Gasteiger partial charge in [-0.1, -0.05) is 63.1 Å². The molecule has 0 bridgehead atoms. The predicted octanol–water partition coefficient (Wildman–Crippen LogP) is 10.2. The standard InChI is InChI=1S/C20H16F10OS2/c21-32(22,23,24,25)18-8-4-14(5-9-18)12-16-2-1-3-17(20(16)31)13-15-6-10-19(11-7-15)33(26,27,28,29)30/h4-13H,1-3H2/b16-12+,17-13+. The quantitative estimate of drug-likeness (QED) is 0.286. The number of rotatable bonds is 4. The van der Waals surface area contributed by atoms with E-state index in [1.807, 2.05) is 0 Å². The molecule has 0 aromatic heterocycles. The van der Waals surface area contributed by atoms with Crippen molar-refractivity contribution in [1.29, 1.82) is 0 Å². The van der Waals surface area contributed by atoms with Crippen LogP contribution in [0.5, 0.6) is 0 Å². The van der Waals surface area contributed by atoms with Crippen molar-refractivity contribution in [3.05, 3.63) is 70.8 Å². The van der Waals surface area contributed by atoms with Crippen LogP contribution >= 0.6 is 20.4 Å². The van der Waals surface area contributed by atoms with E-state index in [0.717, 1.165) is 24.3 Å². The number of hydrogen-bond acceptors (Lipinski definition) is 1. The average molecular weight is 526 g/mol. The van der Waals surface area contributed by atoms with Crippen LogP contribution in [0.2, 0.25) is 0 Å². The van der Waals surface area contributed by atoms with Gasteiger partial charge in [0.15, 0.2) is 5.78 Å². The zero-order valence-electron chi connectivity index (χ0n) is 16.4. The summed E-state index contributed by atoms with van der Waals surface area (Å²) >= 11 is 0. The minimum absolute atomic E-state index is 0.0745. The van der Waals surface area contributed by atoms with Crippen molar-refractivity contribution < 1.29 is 43.7 Å². The molecule has 0 unspecified atom stereocenters. The molecule has 0 amide bonds. The molecule has 0 saturated heterocycles. The Labute approximate surface area is 182 Å². The third kappa shape index (κ3) is 6.34. The fraction of sp³-hybridized carbons (Fsp3) is 0.150. The second-order valence-electron chi connectivity index (χ2n) is 7.60. The van der Waals surface area contributed by atoms with Gasteiger partial charge in [0.2, 0.25) is 0 Å². The van der Waals surface area contributed by atoms with Gasteiger partial charge in [-0.2, -0.15) is 0 Å². The van der Waals surface area contributed by atoms with Crippen LogP contribution in [-0.4, -0.2) is 5.78 Å². The van der Waals surface area contributed by atoms with Crippen LogP contribution in [0.4, 0.5) is 38.9 Å². The van der Waals surface area contributed by atoms with Crippen molar-refractivity contribution in [3.8, 4) is 0 Å². The minimum atomic E-state index is -9.82. The lowest BCUT2D eigenvalue weighted by Crippen LogP contribution is -2.12. The molecule has 2 aromatic carbocycles. The van der Waals surface area contributed by atoms with Gasteiger partial charge in [-0.15, -0.1) is 0 Å². The van der Waals surface area contributed by atoms with Gasteiger partial charge in [-0.3, -0.25) is 4.79 Å². The van der Waals surface area contributed by atoms with Gasteiger partial charge in [-0.05, 0) is 66.8 Å². The third-order valence-electron chi connectivity index (χ3n) is 4.81. The first kappa shape index (κ1) is 25.2. The highest BCUT2D eigenvalue weighted by Gasteiger charge is 2.66. The van der Waals surface area contributed by atoms with Crippen LogP contribution in [0.1, 0.15) is 30.4 Å². The van der Waals surface area contributed by atoms with Crippen molar-refractivity contribution in [2.75, 3.05) is 0 Å². The van der Waals surface area contributed by atoms with E-state index in [9.17, 15) is 43.7 Å². The molecule has 13 heteroatoms. The average Bonchev–Trinajstić information content (AvgIpc) is 2.62. The molecule has 0 spiro atoms. The predicted molar refractivity (Wildman–Crippen MR) is 110 cm³/mol. The molecule has 1 saturated carbocycles. The molecule has 33 heavy (non-hydrogen) atoms. The summed E-state index contributed by atoms with van der Waals surface area (Å²) in [7, 11) is -19.6. The van der Waals surface area contributed by atoms with E-state index in [2.05, 4.69) is 0 Å². The summed E-state index contributed by atoms with van der Waals surface area (Å²) < 4.78 is 128. The van der Waals surface area contributed by atoms with Crippen LogP contribution in [0, 0.1) is 0 Å². The van der Waals surface area contributed by atoms with E-state index in [1.165, 1.54) is 12.2 Å². The SMILES string of the molecule is O=C1/C(=C/c2ccc(S(F)(F)(F)(F)F)cc2)CCC/C1=C\c1ccc(S(F)(F)(F)(F)F)cc1. The Hall–Kier alpha value is -2.41. The van der Waals surface area contributed by atoms with Crippen LogP contribution < -0.4 is 0 Å². The summed E-state index contributed by atoms with van der Waals surface area (Å²) in [5.41, 5.74) is 0.475. The first-order valence-corrected chi connectivity index (χ1v) is 13.1. The maximum atomic E-state index is 12.8. The number of Topliss-reactive ketones (excluding diaryl/α,β-unsaturated/α-hetero) is 1. The van der Waals surface area contributed by atoms with Crippen LogP contribution in [0.25, 0.3) is 12.2 Å². The number of allylic oxidation sites excluding steroid dienone is 2. The molecule has 1 aliphatic carbocycles. The highest BCUT2D eigenvalue weighted by Crippen LogP contribution is 3.02. The molecular formula is C20H16F10OS2. The Morgan fingerprint density at radius 1 is 0.545 bits per heavy atom. The number of benzene rings is 2. The fourth-order valence-electron chi connectivity index (χ4n) is 3.22. The number of carbonyl (C=O) groups is 1. The topological polar surface area (TPSA) is 17.1 Å². The molecule has 0 N–H and O–H groups in total. The Morgan fingerprint density at radius 2 is 0.848 bits per heavy atom. The fourth-order valence-corrected chi connectivity index (χ4v) is 4.52. The molecule has 0 radical (unpaired) electrons. The molecule has 184 valence electrons. The lowest BCUT2D eigenvalue weighted by atomic mass is 9.87. The Bertz CT molecular complexity index is 1080. The monoisotopic (exact) mass is 526 g/mol. The van der Waals surface area contributed by atoms with Gasteiger partial charge in [-0.25, -0.2) is 0 Å². The van der Waals surface area contributed by atoms with E-state index in [4.69, 9.17) is 0 Å². The largest absolute Gasteiger partial charge is 0.310 e. The van der Waals surface area contributed by atoms with Crippen LogP contribution in [-0.2, 0) is 4.79 Å². The Balaban J connectivity index is 1.86. The van der Waals surface area contributed by atoms with Crippen molar-refractivity contribution >= 4 is 38.4 Å². The molecule has 0 atom stereocenters. The molecule has 0 aliphatic heterocycles. The first-order chi connectivity index (χ1) is 14.5. The van der Waals surface area contributed by atoms with Crippen molar-refractivity contribution in [3.63, 3.8) is 0 Å². The molecule has 1 fully saturated rings. The number of carbonyl (C=O) groups excluding carboxylic acids is 1. The lowest BCUT2D eigenvalue weighted by molar-refractivity contribution is -0.112. The Kier molecular flexibility index (Phi) is 4.87. The van der Waals surface area contributed by atoms with E-state index in [1.54, 1.807) is 0 Å². The maximum absolute atomic E-state index is 12.8. The van der Waals surface area contributed by atoms with Crippen molar-refractivity contribution in [2.24, 2.45) is 0 Å². The summed E-state index contributed by atoms with van der Waals surface area (Å²) in [5.74, 6) is -0.533. The van der Waals surface area contributed by atoms with Crippen LogP contribution in [0.15, 0.2) is 69.5 Å². The first-order valence-electron chi connectivity index (χ1n) is 9.16. The van der Waals surface area contributed by atoms with E-state index in [-0.39, 0.29) is 59.4 Å². The highest BCUT2D eigenvalue weighted by atomic mass is 32.5. The summed E-state index contributed by atoms with van der Waals surface area (Å²) in [6, 6.07) is 4.07. The summed E-state index contributed by atoms with van der Waals surface area (Å²) in [6.45, 7) is 0. The van der Waals surface area contributed by atoms with Crippen molar-refractivity contribution in [1.82, 2.24) is 0 Å². The molecule has 1 nitrogen and oxygen atoms in total. The normalized spacial score (nSPS) is 22.4. The summed E-state index contributed by atoms with van der Waals surface area (Å²) in [6.07, 6.45) is 3.38. The number of halogens is 10. The van der Waals surface area contributed by atoms with E-state index < -0.39 is 36.0 Å². The van der Waals surface area contributed by atoms with Crippen LogP contribution in [0.3, 0.4) is 0 Å². The van der Waals surface area contributed by atoms with Gasteiger partial charge in [0, 0.05) is 11.1 Å². The zero-order chi connectivity index (χ0) is 25.1. The second-order valence-corrected chi connectivity index (χ2v) is 12.4. The van der Waals surface area contributed by atoms with E-state index in [0.29, 0.717) is 6.42 Å². The third-order valence-corrected chi connectivity index (χ3v) is 7.13. The minimum Gasteiger partial charge on any atom is -0.289 e. The number of ketones is 1. The van der Waals surface area contributed by atoms with Gasteiger partial charge in [0.1, 0.15) is 9.79 Å². The summed E-state index contributed by atoms with van der Waals surface area (Å²) in [4.78, 5) is 8.53. The second kappa shape index (κ2) is 6.38. The molecular weight excluding hydrogens is 510 g/mol. The lowest BCUT2D eigenvalue weighted by Gasteiger charge is -2.40. The smallest absolute Gasteiger partial charge is 0.289 e. The van der Waals surface area contributed by atoms with Gasteiger partial charge in [0.25, 0.3) is 0 Å².